The van der Waals surface area contributed by atoms with Gasteiger partial charge >= 0.3 is 5.97 Å². The lowest BCUT2D eigenvalue weighted by molar-refractivity contribution is -0.153. The largest absolute Gasteiger partial charge is 0.508 e. The number of benzene rings is 1. The number of Topliss-reactive ketones (excluding diaryl/α,β-unsaturated/α-hetero) is 2. The number of primary amides is 1. The Morgan fingerprint density at radius 1 is 1.11 bits per heavy atom. The molecule has 6 N–H and O–H groups in total. The molecule has 0 unspecified atom stereocenters. The van der Waals surface area contributed by atoms with Crippen molar-refractivity contribution >= 4 is 34.9 Å². The zero-order chi connectivity index (χ0) is 32.4. The highest BCUT2D eigenvalue weighted by molar-refractivity contribution is 6.24. The van der Waals surface area contributed by atoms with E-state index in [1.165, 1.54) is 12.0 Å². The van der Waals surface area contributed by atoms with Crippen LogP contribution in [0.1, 0.15) is 36.0 Å². The van der Waals surface area contributed by atoms with Crippen LogP contribution in [0.3, 0.4) is 0 Å². The van der Waals surface area contributed by atoms with Gasteiger partial charge in [0.25, 0.3) is 5.91 Å². The summed E-state index contributed by atoms with van der Waals surface area (Å²) in [4.78, 5) is 57.0. The molecule has 5 rings (SSSR count). The smallest absolute Gasteiger partial charge is 0.308 e. The van der Waals surface area contributed by atoms with Crippen molar-refractivity contribution in [3.8, 4) is 5.75 Å². The second-order valence-corrected chi connectivity index (χ2v) is 12.7. The SMILES string of the molecule is COC(=O)C1CCN(Cc2cc(N(C)C)c3c(c2O)C(O)=C2C(=O)[C@]4(O)C(O)=C(C(N)=O)C(=O)[C@@H](N(C)C)[C@@H]4C[C@@H]2C3)CC1. The molecule has 1 amide bonds. The molecule has 1 heterocycles. The normalized spacial score (nSPS) is 27.7. The number of carbonyl (C=O) groups excluding carboxylic acids is 4. The molecule has 1 saturated carbocycles. The first-order valence-corrected chi connectivity index (χ1v) is 14.6. The number of esters is 1. The van der Waals surface area contributed by atoms with Crippen LogP contribution >= 0.6 is 0 Å². The highest BCUT2D eigenvalue weighted by Crippen LogP contribution is 2.54. The van der Waals surface area contributed by atoms with Gasteiger partial charge in [0.1, 0.15) is 22.8 Å². The Hall–Kier alpha value is -3.94. The summed E-state index contributed by atoms with van der Waals surface area (Å²) in [5.74, 6) is -7.18. The summed E-state index contributed by atoms with van der Waals surface area (Å²) in [6.45, 7) is 1.50. The summed E-state index contributed by atoms with van der Waals surface area (Å²) < 4.78 is 4.88. The molecule has 0 spiro atoms. The van der Waals surface area contributed by atoms with Gasteiger partial charge in [-0.25, -0.2) is 0 Å². The fourth-order valence-corrected chi connectivity index (χ4v) is 7.60. The lowest BCUT2D eigenvalue weighted by Crippen LogP contribution is -2.65. The van der Waals surface area contributed by atoms with Crippen molar-refractivity contribution in [2.75, 3.05) is 53.3 Å². The lowest BCUT2D eigenvalue weighted by atomic mass is 9.57. The minimum absolute atomic E-state index is 0.0241. The van der Waals surface area contributed by atoms with E-state index in [9.17, 15) is 39.6 Å². The number of aliphatic hydroxyl groups is 3. The van der Waals surface area contributed by atoms with Gasteiger partial charge in [0.2, 0.25) is 5.78 Å². The Morgan fingerprint density at radius 2 is 1.75 bits per heavy atom. The number of aliphatic hydroxyl groups excluding tert-OH is 2. The number of ketones is 2. The van der Waals surface area contributed by atoms with Crippen molar-refractivity contribution in [1.82, 2.24) is 9.80 Å². The van der Waals surface area contributed by atoms with Gasteiger partial charge in [-0.1, -0.05) is 0 Å². The van der Waals surface area contributed by atoms with Gasteiger partial charge in [-0.3, -0.25) is 29.0 Å². The third kappa shape index (κ3) is 4.65. The van der Waals surface area contributed by atoms with Crippen molar-refractivity contribution < 1.29 is 44.3 Å². The van der Waals surface area contributed by atoms with Crippen molar-refractivity contribution in [3.63, 3.8) is 0 Å². The fourth-order valence-electron chi connectivity index (χ4n) is 7.60. The number of likely N-dealkylation sites (N-methyl/N-ethyl adjacent to an activating group) is 1. The van der Waals surface area contributed by atoms with E-state index in [1.54, 1.807) is 14.1 Å². The van der Waals surface area contributed by atoms with E-state index in [1.807, 2.05) is 25.1 Å². The number of amides is 1. The molecule has 44 heavy (non-hydrogen) atoms. The fraction of sp³-hybridized carbons (Fsp3) is 0.548. The number of hydrogen-bond acceptors (Lipinski definition) is 12. The standard InChI is InChI=1S/C31H40N4O9/c1-33(2)19-12-16(13-35-8-6-14(7-9-35)30(42)44-5)24(36)21-17(19)10-15-11-18-23(34(3)4)26(38)22(29(32)41)28(40)31(18,43)27(39)20(15)25(21)37/h12,14-15,18,23,36-37,40,43H,6-11,13H2,1-5H3,(H2,32,41)/t15-,18-,23-,31-/m0/s1. The van der Waals surface area contributed by atoms with Gasteiger partial charge in [0, 0.05) is 43.4 Å². The highest BCUT2D eigenvalue weighted by Gasteiger charge is 2.64. The van der Waals surface area contributed by atoms with Crippen molar-refractivity contribution in [1.29, 1.82) is 0 Å². The summed E-state index contributed by atoms with van der Waals surface area (Å²) in [5, 5.41) is 46.1. The number of nitrogens with two attached hydrogens (primary N) is 1. The first kappa shape index (κ1) is 31.5. The zero-order valence-electron chi connectivity index (χ0n) is 25.6. The minimum atomic E-state index is -2.69. The van der Waals surface area contributed by atoms with Gasteiger partial charge in [-0.15, -0.1) is 0 Å². The van der Waals surface area contributed by atoms with Crippen LogP contribution in [0.15, 0.2) is 23.0 Å². The Kier molecular flexibility index (Phi) is 8.02. The van der Waals surface area contributed by atoms with Crippen molar-refractivity contribution in [2.24, 2.45) is 23.5 Å². The quantitative estimate of drug-likeness (QED) is 0.220. The maximum absolute atomic E-state index is 14.1. The van der Waals surface area contributed by atoms with E-state index in [2.05, 4.69) is 4.90 Å². The van der Waals surface area contributed by atoms with E-state index in [0.717, 1.165) is 5.69 Å². The summed E-state index contributed by atoms with van der Waals surface area (Å²) in [7, 11) is 8.15. The average molecular weight is 613 g/mol. The Balaban J connectivity index is 1.60. The molecule has 238 valence electrons. The molecule has 1 aliphatic heterocycles. The van der Waals surface area contributed by atoms with Crippen molar-refractivity contribution in [2.45, 2.75) is 43.9 Å². The molecule has 1 saturated heterocycles. The lowest BCUT2D eigenvalue weighted by Gasteiger charge is -2.50. The van der Waals surface area contributed by atoms with Crippen LogP contribution in [-0.4, -0.2) is 114 Å². The number of methoxy groups -OCH3 is 1. The molecule has 4 aliphatic rings. The van der Waals surface area contributed by atoms with E-state index in [0.29, 0.717) is 43.6 Å². The molecule has 13 nitrogen and oxygen atoms in total. The number of likely N-dealkylation sites (tertiary alicyclic amines) is 1. The van der Waals surface area contributed by atoms with Crippen LogP contribution in [0.4, 0.5) is 5.69 Å². The zero-order valence-corrected chi connectivity index (χ0v) is 25.6. The number of phenolic OH excluding ortho intramolecular Hbond substituents is 1. The summed E-state index contributed by atoms with van der Waals surface area (Å²) in [6.07, 6.45) is 1.44. The van der Waals surface area contributed by atoms with E-state index in [-0.39, 0.29) is 41.6 Å². The summed E-state index contributed by atoms with van der Waals surface area (Å²) in [5.41, 5.74) is 3.57. The molecule has 4 atom stereocenters. The third-order valence-corrected chi connectivity index (χ3v) is 9.77. The van der Waals surface area contributed by atoms with Gasteiger partial charge < -0.3 is 35.8 Å². The molecule has 0 aromatic heterocycles. The maximum Gasteiger partial charge on any atom is 0.308 e. The number of fused-ring (bicyclic) bond motifs is 3. The van der Waals surface area contributed by atoms with Crippen molar-refractivity contribution in [3.05, 3.63) is 39.7 Å². The number of hydrogen-bond donors (Lipinski definition) is 5. The number of piperidine rings is 1. The predicted octanol–water partition coefficient (Wildman–Crippen LogP) is 0.415. The van der Waals surface area contributed by atoms with E-state index < -0.39 is 58.0 Å². The number of rotatable bonds is 6. The number of nitrogens with zero attached hydrogens (tertiary/aromatic N) is 3. The Labute approximate surface area is 255 Å². The third-order valence-electron chi connectivity index (χ3n) is 9.77. The number of phenols is 1. The Bertz CT molecular complexity index is 1510. The second-order valence-electron chi connectivity index (χ2n) is 12.7. The van der Waals surface area contributed by atoms with Gasteiger partial charge in [-0.05, 0) is 70.4 Å². The molecule has 1 aromatic rings. The van der Waals surface area contributed by atoms with Crippen LogP contribution in [0.5, 0.6) is 5.75 Å². The number of ether oxygens (including phenoxy) is 1. The predicted molar refractivity (Wildman–Crippen MR) is 159 cm³/mol. The summed E-state index contributed by atoms with van der Waals surface area (Å²) >= 11 is 0. The molecule has 13 heteroatoms. The number of anilines is 1. The molecule has 0 radical (unpaired) electrons. The summed E-state index contributed by atoms with van der Waals surface area (Å²) in [6, 6.07) is 0.708. The first-order valence-electron chi connectivity index (χ1n) is 14.6. The number of aromatic hydroxyl groups is 1. The molecule has 3 aliphatic carbocycles. The second kappa shape index (κ2) is 11.2. The molecule has 2 fully saturated rings. The van der Waals surface area contributed by atoms with Crippen LogP contribution < -0.4 is 10.6 Å². The van der Waals surface area contributed by atoms with Crippen LogP contribution in [-0.2, 0) is 36.9 Å². The molecular weight excluding hydrogens is 572 g/mol. The van der Waals surface area contributed by atoms with Gasteiger partial charge in [-0.2, -0.15) is 0 Å². The van der Waals surface area contributed by atoms with Crippen LogP contribution in [0.2, 0.25) is 0 Å². The van der Waals surface area contributed by atoms with Gasteiger partial charge in [0.15, 0.2) is 11.4 Å². The molecule has 1 aromatic carbocycles. The molecule has 0 bridgehead atoms. The maximum atomic E-state index is 14.1. The number of carbonyl (C=O) groups is 4. The first-order chi connectivity index (χ1) is 20.6. The monoisotopic (exact) mass is 612 g/mol. The van der Waals surface area contributed by atoms with Crippen LogP contribution in [0.25, 0.3) is 5.76 Å². The van der Waals surface area contributed by atoms with Gasteiger partial charge in [0.05, 0.1) is 24.6 Å². The van der Waals surface area contributed by atoms with E-state index >= 15 is 0 Å². The highest BCUT2D eigenvalue weighted by atomic mass is 16.5. The van der Waals surface area contributed by atoms with Crippen LogP contribution in [0, 0.1) is 17.8 Å². The Morgan fingerprint density at radius 3 is 2.30 bits per heavy atom. The minimum Gasteiger partial charge on any atom is -0.508 e. The molecular formula is C31H40N4O9. The average Bonchev–Trinajstić information content (AvgIpc) is 2.95. The topological polar surface area (TPSA) is 194 Å². The van der Waals surface area contributed by atoms with E-state index in [4.69, 9.17) is 10.5 Å².